The van der Waals surface area contributed by atoms with E-state index in [1.165, 1.54) is 18.9 Å². The summed E-state index contributed by atoms with van der Waals surface area (Å²) in [7, 11) is 3.08. The van der Waals surface area contributed by atoms with Crippen molar-refractivity contribution >= 4 is 34.3 Å². The first-order chi connectivity index (χ1) is 17.0. The lowest BCUT2D eigenvalue weighted by atomic mass is 10.2. The highest BCUT2D eigenvalue weighted by atomic mass is 32.2. The topological polar surface area (TPSA) is 101 Å². The molecule has 0 fully saturated rings. The van der Waals surface area contributed by atoms with Crippen molar-refractivity contribution in [1.82, 2.24) is 9.55 Å². The maximum atomic E-state index is 13.3. The van der Waals surface area contributed by atoms with E-state index in [9.17, 15) is 9.59 Å². The fraction of sp³-hybridized carbons (Fsp3) is 0.400. The van der Waals surface area contributed by atoms with Gasteiger partial charge in [-0.05, 0) is 38.1 Å². The second-order valence-corrected chi connectivity index (χ2v) is 8.34. The van der Waals surface area contributed by atoms with Crippen LogP contribution in [-0.4, -0.2) is 54.9 Å². The van der Waals surface area contributed by atoms with E-state index in [1.807, 2.05) is 19.9 Å². The Morgan fingerprint density at radius 2 is 1.83 bits per heavy atom. The Hall–Kier alpha value is -3.08. The Morgan fingerprint density at radius 3 is 2.51 bits per heavy atom. The number of carbonyl (C=O) groups is 1. The van der Waals surface area contributed by atoms with Gasteiger partial charge in [0.25, 0.3) is 5.56 Å². The molecule has 0 aliphatic heterocycles. The number of hydrogen-bond donors (Lipinski definition) is 1. The summed E-state index contributed by atoms with van der Waals surface area (Å²) in [5.41, 5.74) is 0.945. The van der Waals surface area contributed by atoms with Gasteiger partial charge in [-0.2, -0.15) is 0 Å². The number of nitrogens with zero attached hydrogens (tertiary/aromatic N) is 2. The van der Waals surface area contributed by atoms with E-state index in [4.69, 9.17) is 18.9 Å². The standard InChI is InChI=1S/C25H31N3O6S/c1-5-33-23(34-6-2)13-14-28-24(30)18-9-7-8-10-19(18)27-25(28)35-16-22(29)26-20-12-11-17(31-3)15-21(20)32-4/h7-12,15,23H,5-6,13-14,16H2,1-4H3,(H,26,29). The van der Waals surface area contributed by atoms with Crippen LogP contribution >= 0.6 is 11.8 Å². The Labute approximate surface area is 208 Å². The van der Waals surface area contributed by atoms with E-state index in [0.717, 1.165) is 0 Å². The van der Waals surface area contributed by atoms with Crippen LogP contribution in [0.25, 0.3) is 10.9 Å². The van der Waals surface area contributed by atoms with Gasteiger partial charge in [0.05, 0.1) is 36.6 Å². The smallest absolute Gasteiger partial charge is 0.262 e. The molecular weight excluding hydrogens is 470 g/mol. The molecule has 0 unspecified atom stereocenters. The number of anilines is 1. The molecule has 3 rings (SSSR count). The van der Waals surface area contributed by atoms with Gasteiger partial charge in [0.1, 0.15) is 11.5 Å². The first-order valence-corrected chi connectivity index (χ1v) is 12.4. The van der Waals surface area contributed by atoms with Crippen LogP contribution in [-0.2, 0) is 20.8 Å². The molecule has 3 aromatic rings. The summed E-state index contributed by atoms with van der Waals surface area (Å²) in [6, 6.07) is 12.3. The number of ether oxygens (including phenoxy) is 4. The Bertz CT molecular complexity index is 1190. The number of methoxy groups -OCH3 is 2. The molecule has 0 atom stereocenters. The zero-order valence-corrected chi connectivity index (χ0v) is 21.2. The molecule has 0 radical (unpaired) electrons. The molecular formula is C25H31N3O6S. The number of thioether (sulfide) groups is 1. The van der Waals surface area contributed by atoms with Gasteiger partial charge in [0.15, 0.2) is 11.4 Å². The molecule has 0 bridgehead atoms. The average Bonchev–Trinajstić information content (AvgIpc) is 2.87. The molecule has 188 valence electrons. The molecule has 1 aromatic heterocycles. The molecule has 0 aliphatic rings. The quantitative estimate of drug-likeness (QED) is 0.214. The fourth-order valence-corrected chi connectivity index (χ4v) is 4.32. The Balaban J connectivity index is 1.80. The molecule has 0 saturated carbocycles. The SMILES string of the molecule is CCOC(CCn1c(SCC(=O)Nc2ccc(OC)cc2OC)nc2ccccc2c1=O)OCC. The number of fused-ring (bicyclic) bond motifs is 1. The highest BCUT2D eigenvalue weighted by Gasteiger charge is 2.17. The molecule has 0 spiro atoms. The van der Waals surface area contributed by atoms with Crippen molar-refractivity contribution in [1.29, 1.82) is 0 Å². The van der Waals surface area contributed by atoms with Crippen LogP contribution in [0, 0.1) is 0 Å². The highest BCUT2D eigenvalue weighted by Crippen LogP contribution is 2.29. The first-order valence-electron chi connectivity index (χ1n) is 11.4. The lowest BCUT2D eigenvalue weighted by molar-refractivity contribution is -0.141. The maximum absolute atomic E-state index is 13.3. The lowest BCUT2D eigenvalue weighted by Gasteiger charge is -2.19. The summed E-state index contributed by atoms with van der Waals surface area (Å²) in [5, 5.41) is 3.82. The van der Waals surface area contributed by atoms with Gasteiger partial charge in [-0.1, -0.05) is 23.9 Å². The van der Waals surface area contributed by atoms with Crippen LogP contribution in [0.3, 0.4) is 0 Å². The molecule has 2 aromatic carbocycles. The predicted octanol–water partition coefficient (Wildman–Crippen LogP) is 3.93. The van der Waals surface area contributed by atoms with Crippen molar-refractivity contribution in [2.45, 2.75) is 38.3 Å². The number of amides is 1. The average molecular weight is 502 g/mol. The number of aromatic nitrogens is 2. The van der Waals surface area contributed by atoms with E-state index < -0.39 is 6.29 Å². The number of benzene rings is 2. The van der Waals surface area contributed by atoms with Gasteiger partial charge in [0.2, 0.25) is 5.91 Å². The lowest BCUT2D eigenvalue weighted by Crippen LogP contribution is -2.27. The van der Waals surface area contributed by atoms with Crippen molar-refractivity contribution in [3.63, 3.8) is 0 Å². The highest BCUT2D eigenvalue weighted by molar-refractivity contribution is 7.99. The van der Waals surface area contributed by atoms with E-state index >= 15 is 0 Å². The van der Waals surface area contributed by atoms with Crippen LogP contribution in [0.2, 0.25) is 0 Å². The first kappa shape index (κ1) is 26.5. The third kappa shape index (κ3) is 6.97. The number of nitrogens with one attached hydrogen (secondary N) is 1. The zero-order valence-electron chi connectivity index (χ0n) is 20.4. The van der Waals surface area contributed by atoms with E-state index in [0.29, 0.717) is 59.4 Å². The number of hydrogen-bond acceptors (Lipinski definition) is 8. The minimum absolute atomic E-state index is 0.0559. The van der Waals surface area contributed by atoms with Crippen molar-refractivity contribution in [3.05, 3.63) is 52.8 Å². The van der Waals surface area contributed by atoms with Crippen LogP contribution < -0.4 is 20.3 Å². The van der Waals surface area contributed by atoms with Gasteiger partial charge >= 0.3 is 0 Å². The molecule has 1 N–H and O–H groups in total. The van der Waals surface area contributed by atoms with Crippen LogP contribution in [0.1, 0.15) is 20.3 Å². The van der Waals surface area contributed by atoms with Crippen molar-refractivity contribution < 1.29 is 23.7 Å². The third-order valence-electron chi connectivity index (χ3n) is 5.14. The molecule has 0 saturated heterocycles. The molecule has 1 heterocycles. The fourth-order valence-electron chi connectivity index (χ4n) is 3.49. The largest absolute Gasteiger partial charge is 0.497 e. The van der Waals surface area contributed by atoms with E-state index in [1.54, 1.807) is 48.1 Å². The number of para-hydroxylation sites is 1. The van der Waals surface area contributed by atoms with Crippen molar-refractivity contribution in [2.75, 3.05) is 38.5 Å². The summed E-state index contributed by atoms with van der Waals surface area (Å²) in [5.74, 6) is 0.909. The van der Waals surface area contributed by atoms with Crippen molar-refractivity contribution in [2.24, 2.45) is 0 Å². The summed E-state index contributed by atoms with van der Waals surface area (Å²) < 4.78 is 23.4. The van der Waals surface area contributed by atoms with Gasteiger partial charge in [-0.3, -0.25) is 14.2 Å². The van der Waals surface area contributed by atoms with Gasteiger partial charge in [0, 0.05) is 32.2 Å². The van der Waals surface area contributed by atoms with Gasteiger partial charge in [-0.15, -0.1) is 0 Å². The van der Waals surface area contributed by atoms with E-state index in [2.05, 4.69) is 10.3 Å². The van der Waals surface area contributed by atoms with Crippen LogP contribution in [0.4, 0.5) is 5.69 Å². The molecule has 1 amide bonds. The second-order valence-electron chi connectivity index (χ2n) is 7.40. The normalized spacial score (nSPS) is 11.1. The molecule has 9 nitrogen and oxygen atoms in total. The van der Waals surface area contributed by atoms with Crippen LogP contribution in [0.15, 0.2) is 52.4 Å². The Kier molecular flexibility index (Phi) is 9.95. The molecule has 10 heteroatoms. The molecule has 0 aliphatic carbocycles. The Morgan fingerprint density at radius 1 is 1.09 bits per heavy atom. The second kappa shape index (κ2) is 13.1. The summed E-state index contributed by atoms with van der Waals surface area (Å²) >= 11 is 1.20. The maximum Gasteiger partial charge on any atom is 0.262 e. The number of rotatable bonds is 13. The van der Waals surface area contributed by atoms with E-state index in [-0.39, 0.29) is 17.2 Å². The summed E-state index contributed by atoms with van der Waals surface area (Å²) in [4.78, 5) is 30.7. The van der Waals surface area contributed by atoms with Gasteiger partial charge < -0.3 is 24.3 Å². The predicted molar refractivity (Wildman–Crippen MR) is 137 cm³/mol. The zero-order chi connectivity index (χ0) is 25.2. The summed E-state index contributed by atoms with van der Waals surface area (Å²) in [6.07, 6.45) is 0.0526. The monoisotopic (exact) mass is 501 g/mol. The summed E-state index contributed by atoms with van der Waals surface area (Å²) in [6.45, 7) is 5.15. The minimum atomic E-state index is -0.424. The number of carbonyl (C=O) groups excluding carboxylic acids is 1. The minimum Gasteiger partial charge on any atom is -0.497 e. The van der Waals surface area contributed by atoms with Crippen molar-refractivity contribution in [3.8, 4) is 11.5 Å². The van der Waals surface area contributed by atoms with Crippen LogP contribution in [0.5, 0.6) is 11.5 Å². The van der Waals surface area contributed by atoms with Gasteiger partial charge in [-0.25, -0.2) is 4.98 Å². The third-order valence-corrected chi connectivity index (χ3v) is 6.11. The molecule has 35 heavy (non-hydrogen) atoms.